The number of rotatable bonds is 4. The quantitative estimate of drug-likeness (QED) is 0.883. The molecule has 0 amide bonds. The molecule has 2 aromatic rings. The Labute approximate surface area is 110 Å². The number of benzene rings is 1. The molecule has 1 saturated carbocycles. The largest absolute Gasteiger partial charge is 0.478 e. The van der Waals surface area contributed by atoms with E-state index in [9.17, 15) is 4.79 Å². The Balaban J connectivity index is 1.79. The minimum Gasteiger partial charge on any atom is -0.478 e. The third-order valence-corrected chi connectivity index (χ3v) is 3.86. The third-order valence-electron chi connectivity index (χ3n) is 3.86. The molecule has 0 unspecified atom stereocenters. The predicted molar refractivity (Wildman–Crippen MR) is 71.4 cm³/mol. The van der Waals surface area contributed by atoms with Crippen LogP contribution in [0.1, 0.15) is 36.5 Å². The molecule has 5 heteroatoms. The summed E-state index contributed by atoms with van der Waals surface area (Å²) in [6.45, 7) is 3.08. The number of aromatic nitrogens is 1. The summed E-state index contributed by atoms with van der Waals surface area (Å²) in [5.74, 6) is -0.963. The Morgan fingerprint density at radius 3 is 2.95 bits per heavy atom. The van der Waals surface area contributed by atoms with Crippen LogP contribution >= 0.6 is 0 Å². The lowest BCUT2D eigenvalue weighted by molar-refractivity contribution is 0.0697. The maximum absolute atomic E-state index is 10.9. The van der Waals surface area contributed by atoms with Gasteiger partial charge in [-0.3, -0.25) is 0 Å². The van der Waals surface area contributed by atoms with Crippen LogP contribution in [0.5, 0.6) is 0 Å². The molecule has 3 rings (SSSR count). The van der Waals surface area contributed by atoms with Gasteiger partial charge in [-0.2, -0.15) is 4.98 Å². The van der Waals surface area contributed by atoms with Crippen molar-refractivity contribution >= 4 is 23.1 Å². The summed E-state index contributed by atoms with van der Waals surface area (Å²) in [6, 6.07) is 5.16. The molecule has 100 valence electrons. The summed E-state index contributed by atoms with van der Waals surface area (Å²) in [7, 11) is 0. The third kappa shape index (κ3) is 2.28. The van der Waals surface area contributed by atoms with Gasteiger partial charge in [0.2, 0.25) is 0 Å². The maximum atomic E-state index is 10.9. The molecule has 1 fully saturated rings. The molecule has 1 aromatic carbocycles. The van der Waals surface area contributed by atoms with Crippen LogP contribution in [0.2, 0.25) is 0 Å². The van der Waals surface area contributed by atoms with Crippen LogP contribution in [0, 0.1) is 5.41 Å². The summed E-state index contributed by atoms with van der Waals surface area (Å²) in [5, 5.41) is 12.1. The highest BCUT2D eigenvalue weighted by Gasteiger charge is 2.31. The molecule has 0 bridgehead atoms. The molecule has 19 heavy (non-hydrogen) atoms. The van der Waals surface area contributed by atoms with Gasteiger partial charge in [0.15, 0.2) is 5.58 Å². The molecule has 0 atom stereocenters. The van der Waals surface area contributed by atoms with Crippen molar-refractivity contribution in [3.05, 3.63) is 23.8 Å². The zero-order valence-corrected chi connectivity index (χ0v) is 10.8. The first-order valence-electron chi connectivity index (χ1n) is 6.44. The summed E-state index contributed by atoms with van der Waals surface area (Å²) < 4.78 is 5.54. The standard InChI is InChI=1S/C14H16N2O3/c1-14(5-2-6-14)8-15-13-16-10-4-3-9(12(17)18)7-11(10)19-13/h3-4,7H,2,5-6,8H2,1H3,(H,15,16)(H,17,18). The van der Waals surface area contributed by atoms with Crippen molar-refractivity contribution in [2.24, 2.45) is 5.41 Å². The number of fused-ring (bicyclic) bond motifs is 1. The van der Waals surface area contributed by atoms with E-state index >= 15 is 0 Å². The molecule has 1 aliphatic carbocycles. The SMILES string of the molecule is CC1(CNc2nc3ccc(C(=O)O)cc3o2)CCC1. The van der Waals surface area contributed by atoms with Gasteiger partial charge in [-0.25, -0.2) is 4.79 Å². The second-order valence-corrected chi connectivity index (χ2v) is 5.52. The van der Waals surface area contributed by atoms with Gasteiger partial charge in [0, 0.05) is 6.54 Å². The Kier molecular flexibility index (Phi) is 2.69. The van der Waals surface area contributed by atoms with E-state index in [2.05, 4.69) is 17.2 Å². The second kappa shape index (κ2) is 4.26. The number of carboxylic acids is 1. The van der Waals surface area contributed by atoms with E-state index in [1.165, 1.54) is 31.4 Å². The van der Waals surface area contributed by atoms with Gasteiger partial charge in [0.1, 0.15) is 5.52 Å². The Morgan fingerprint density at radius 1 is 1.53 bits per heavy atom. The van der Waals surface area contributed by atoms with Crippen molar-refractivity contribution in [2.45, 2.75) is 26.2 Å². The highest BCUT2D eigenvalue weighted by Crippen LogP contribution is 2.40. The number of hydrogen-bond acceptors (Lipinski definition) is 4. The number of aromatic carboxylic acids is 1. The zero-order valence-electron chi connectivity index (χ0n) is 10.8. The highest BCUT2D eigenvalue weighted by molar-refractivity contribution is 5.92. The molecule has 0 spiro atoms. The lowest BCUT2D eigenvalue weighted by atomic mass is 9.70. The smallest absolute Gasteiger partial charge is 0.335 e. The van der Waals surface area contributed by atoms with Crippen LogP contribution in [-0.4, -0.2) is 22.6 Å². The summed E-state index contributed by atoms with van der Waals surface area (Å²) >= 11 is 0. The molecule has 0 radical (unpaired) electrons. The van der Waals surface area contributed by atoms with Gasteiger partial charge in [0.05, 0.1) is 5.56 Å². The van der Waals surface area contributed by atoms with E-state index in [-0.39, 0.29) is 5.56 Å². The van der Waals surface area contributed by atoms with Crippen molar-refractivity contribution < 1.29 is 14.3 Å². The average Bonchev–Trinajstić information content (AvgIpc) is 2.75. The highest BCUT2D eigenvalue weighted by atomic mass is 16.4. The van der Waals surface area contributed by atoms with Crippen LogP contribution in [0.4, 0.5) is 6.01 Å². The normalized spacial score (nSPS) is 17.1. The number of anilines is 1. The van der Waals surface area contributed by atoms with Gasteiger partial charge >= 0.3 is 5.97 Å². The van der Waals surface area contributed by atoms with Gasteiger partial charge < -0.3 is 14.8 Å². The summed E-state index contributed by atoms with van der Waals surface area (Å²) in [5.41, 5.74) is 1.72. The van der Waals surface area contributed by atoms with E-state index in [4.69, 9.17) is 9.52 Å². The number of hydrogen-bond donors (Lipinski definition) is 2. The number of oxazole rings is 1. The van der Waals surface area contributed by atoms with Crippen LogP contribution in [0.25, 0.3) is 11.1 Å². The fourth-order valence-electron chi connectivity index (χ4n) is 2.38. The Hall–Kier alpha value is -2.04. The molecule has 2 N–H and O–H groups in total. The first kappa shape index (κ1) is 12.0. The van der Waals surface area contributed by atoms with Crippen molar-refractivity contribution in [2.75, 3.05) is 11.9 Å². The van der Waals surface area contributed by atoms with Crippen LogP contribution in [0.3, 0.4) is 0 Å². The monoisotopic (exact) mass is 260 g/mol. The van der Waals surface area contributed by atoms with Crippen molar-refractivity contribution in [1.29, 1.82) is 0 Å². The van der Waals surface area contributed by atoms with Crippen LogP contribution in [0.15, 0.2) is 22.6 Å². The molecule has 0 aliphatic heterocycles. The van der Waals surface area contributed by atoms with E-state index < -0.39 is 5.97 Å². The fourth-order valence-corrected chi connectivity index (χ4v) is 2.38. The molecule has 1 aliphatic rings. The lowest BCUT2D eigenvalue weighted by Crippen LogP contribution is -2.33. The van der Waals surface area contributed by atoms with Crippen molar-refractivity contribution in [3.8, 4) is 0 Å². The second-order valence-electron chi connectivity index (χ2n) is 5.52. The zero-order chi connectivity index (χ0) is 13.5. The van der Waals surface area contributed by atoms with Gasteiger partial charge in [-0.1, -0.05) is 13.3 Å². The maximum Gasteiger partial charge on any atom is 0.335 e. The first-order chi connectivity index (χ1) is 9.06. The lowest BCUT2D eigenvalue weighted by Gasteiger charge is -2.38. The Morgan fingerprint density at radius 2 is 2.32 bits per heavy atom. The molecular weight excluding hydrogens is 244 g/mol. The molecular formula is C14H16N2O3. The van der Waals surface area contributed by atoms with Gasteiger partial charge in [-0.15, -0.1) is 0 Å². The van der Waals surface area contributed by atoms with E-state index in [1.807, 2.05) is 0 Å². The topological polar surface area (TPSA) is 75.4 Å². The van der Waals surface area contributed by atoms with Crippen LogP contribution < -0.4 is 5.32 Å². The summed E-state index contributed by atoms with van der Waals surface area (Å²) in [6.07, 6.45) is 3.74. The number of carboxylic acid groups (broad SMARTS) is 1. The molecule has 1 aromatic heterocycles. The van der Waals surface area contributed by atoms with E-state index in [1.54, 1.807) is 6.07 Å². The first-order valence-corrected chi connectivity index (χ1v) is 6.44. The fraction of sp³-hybridized carbons (Fsp3) is 0.429. The molecule has 0 saturated heterocycles. The van der Waals surface area contributed by atoms with E-state index in [0.717, 1.165) is 6.54 Å². The molecule has 1 heterocycles. The van der Waals surface area contributed by atoms with Gasteiger partial charge in [0.25, 0.3) is 6.01 Å². The van der Waals surface area contributed by atoms with E-state index in [0.29, 0.717) is 22.5 Å². The average molecular weight is 260 g/mol. The van der Waals surface area contributed by atoms with Crippen molar-refractivity contribution in [3.63, 3.8) is 0 Å². The Bertz CT molecular complexity index is 629. The molecule has 5 nitrogen and oxygen atoms in total. The number of carbonyl (C=O) groups is 1. The van der Waals surface area contributed by atoms with Gasteiger partial charge in [-0.05, 0) is 36.5 Å². The minimum absolute atomic E-state index is 0.209. The summed E-state index contributed by atoms with van der Waals surface area (Å²) in [4.78, 5) is 15.2. The minimum atomic E-state index is -0.963. The predicted octanol–water partition coefficient (Wildman–Crippen LogP) is 3.13. The van der Waals surface area contributed by atoms with Crippen LogP contribution in [-0.2, 0) is 0 Å². The number of nitrogens with zero attached hydrogens (tertiary/aromatic N) is 1. The van der Waals surface area contributed by atoms with Crippen molar-refractivity contribution in [1.82, 2.24) is 4.98 Å². The number of nitrogens with one attached hydrogen (secondary N) is 1.